The number of piperazine rings is 1. The monoisotopic (exact) mass is 719 g/mol. The van der Waals surface area contributed by atoms with Crippen LogP contribution in [-0.4, -0.2) is 109 Å². The number of carbonyl (C=O) groups is 2. The largest absolute Gasteiger partial charge is 0.493 e. The zero-order chi connectivity index (χ0) is 36.1. The number of rotatable bonds is 10. The van der Waals surface area contributed by atoms with Crippen molar-refractivity contribution in [2.45, 2.75) is 33.2 Å². The van der Waals surface area contributed by atoms with Gasteiger partial charge in [-0.25, -0.2) is 4.39 Å². The molecule has 2 fully saturated rings. The Morgan fingerprint density at radius 3 is 2.37 bits per heavy atom. The van der Waals surface area contributed by atoms with Crippen LogP contribution in [0, 0.1) is 11.2 Å². The van der Waals surface area contributed by atoms with Crippen molar-refractivity contribution < 1.29 is 28.2 Å². The summed E-state index contributed by atoms with van der Waals surface area (Å²) < 4.78 is 31.6. The Balaban J connectivity index is 1.24. The molecular weight excluding hydrogens is 677 g/mol. The van der Waals surface area contributed by atoms with E-state index in [2.05, 4.69) is 46.0 Å². The Bertz CT molecular complexity index is 1870. The van der Waals surface area contributed by atoms with Crippen LogP contribution in [0.4, 0.5) is 15.9 Å². The molecule has 2 saturated heterocycles. The average molecular weight is 720 g/mol. The lowest BCUT2D eigenvalue weighted by atomic mass is 9.85. The van der Waals surface area contributed by atoms with Crippen molar-refractivity contribution in [1.82, 2.24) is 25.0 Å². The minimum absolute atomic E-state index is 0.147. The zero-order valence-electron chi connectivity index (χ0n) is 29.3. The molecule has 0 aliphatic carbocycles. The maximum absolute atomic E-state index is 13.6. The molecular formula is C37H43ClFN7O5. The predicted octanol–water partition coefficient (Wildman–Crippen LogP) is 4.83. The van der Waals surface area contributed by atoms with Gasteiger partial charge in [-0.05, 0) is 55.0 Å². The SMILES string of the molecule is COc1cc2c(Cc3ccncc3)nnc(N3CCN(C(=O)C(=O)Nc4ccc(F)c(Cl)c4)CC3)c2cc1OCC(C)(C)C(C)N1CCOCC1. The van der Waals surface area contributed by atoms with Gasteiger partial charge in [0.25, 0.3) is 0 Å². The second-order valence-electron chi connectivity index (χ2n) is 13.5. The number of pyridine rings is 1. The number of anilines is 2. The number of fused-ring (bicyclic) bond motifs is 1. The van der Waals surface area contributed by atoms with E-state index in [0.717, 1.165) is 54.4 Å². The number of amides is 2. The van der Waals surface area contributed by atoms with E-state index in [0.29, 0.717) is 43.4 Å². The van der Waals surface area contributed by atoms with Crippen molar-refractivity contribution in [2.24, 2.45) is 5.41 Å². The summed E-state index contributed by atoms with van der Waals surface area (Å²) in [5.41, 5.74) is 1.87. The number of halogens is 2. The van der Waals surface area contributed by atoms with E-state index in [1.165, 1.54) is 17.0 Å². The molecule has 1 atom stereocenters. The summed E-state index contributed by atoms with van der Waals surface area (Å²) >= 11 is 5.84. The molecule has 0 bridgehead atoms. The summed E-state index contributed by atoms with van der Waals surface area (Å²) in [6, 6.07) is 11.8. The lowest BCUT2D eigenvalue weighted by Gasteiger charge is -2.41. The van der Waals surface area contributed by atoms with E-state index in [4.69, 9.17) is 30.9 Å². The second-order valence-corrected chi connectivity index (χ2v) is 13.9. The van der Waals surface area contributed by atoms with Crippen molar-refractivity contribution in [2.75, 3.05) is 76.4 Å². The minimum atomic E-state index is -0.823. The first-order chi connectivity index (χ1) is 24.5. The second kappa shape index (κ2) is 15.7. The fourth-order valence-electron chi connectivity index (χ4n) is 6.40. The number of hydrogen-bond donors (Lipinski definition) is 1. The number of benzene rings is 2. The van der Waals surface area contributed by atoms with E-state index < -0.39 is 17.6 Å². The van der Waals surface area contributed by atoms with Crippen LogP contribution in [0.25, 0.3) is 10.8 Å². The summed E-state index contributed by atoms with van der Waals surface area (Å²) in [4.78, 5) is 36.0. The average Bonchev–Trinajstić information content (AvgIpc) is 3.15. The molecule has 2 aromatic carbocycles. The van der Waals surface area contributed by atoms with E-state index in [9.17, 15) is 14.0 Å². The molecule has 2 aliphatic heterocycles. The number of ether oxygens (including phenoxy) is 3. The first kappa shape index (κ1) is 36.2. The molecule has 2 amide bonds. The molecule has 0 spiro atoms. The highest BCUT2D eigenvalue weighted by atomic mass is 35.5. The molecule has 0 saturated carbocycles. The van der Waals surface area contributed by atoms with Gasteiger partial charge in [-0.1, -0.05) is 25.4 Å². The van der Waals surface area contributed by atoms with Crippen LogP contribution in [0.5, 0.6) is 11.5 Å². The molecule has 0 radical (unpaired) electrons. The highest BCUT2D eigenvalue weighted by Gasteiger charge is 2.33. The smallest absolute Gasteiger partial charge is 0.313 e. The molecule has 51 heavy (non-hydrogen) atoms. The Hall–Kier alpha value is -4.59. The Morgan fingerprint density at radius 1 is 0.980 bits per heavy atom. The summed E-state index contributed by atoms with van der Waals surface area (Å²) in [6.45, 7) is 11.7. The van der Waals surface area contributed by atoms with Crippen LogP contribution in [0.15, 0.2) is 54.9 Å². The molecule has 2 aromatic heterocycles. The summed E-state index contributed by atoms with van der Waals surface area (Å²) in [7, 11) is 1.63. The highest BCUT2D eigenvalue weighted by molar-refractivity contribution is 6.39. The van der Waals surface area contributed by atoms with Gasteiger partial charge in [-0.15, -0.1) is 5.10 Å². The molecule has 12 nitrogen and oxygen atoms in total. The van der Waals surface area contributed by atoms with Crippen LogP contribution in [-0.2, 0) is 20.7 Å². The summed E-state index contributed by atoms with van der Waals surface area (Å²) in [6.07, 6.45) is 4.04. The molecule has 4 heterocycles. The summed E-state index contributed by atoms with van der Waals surface area (Å²) in [5, 5.41) is 13.5. The predicted molar refractivity (Wildman–Crippen MR) is 193 cm³/mol. The molecule has 14 heteroatoms. The zero-order valence-corrected chi connectivity index (χ0v) is 30.1. The van der Waals surface area contributed by atoms with Gasteiger partial charge in [0.05, 0.1) is 37.6 Å². The number of aromatic nitrogens is 3. The Kier molecular flexibility index (Phi) is 11.2. The third-order valence-electron chi connectivity index (χ3n) is 9.80. The minimum Gasteiger partial charge on any atom is -0.493 e. The van der Waals surface area contributed by atoms with Crippen LogP contribution in [0.2, 0.25) is 5.02 Å². The number of hydrogen-bond acceptors (Lipinski definition) is 10. The van der Waals surface area contributed by atoms with Crippen LogP contribution in [0.3, 0.4) is 0 Å². The number of morpholine rings is 1. The number of carbonyl (C=O) groups excluding carboxylic acids is 2. The Labute approximate surface area is 301 Å². The fraction of sp³-hybridized carbons (Fsp3) is 0.432. The Morgan fingerprint density at radius 2 is 1.69 bits per heavy atom. The van der Waals surface area contributed by atoms with Crippen LogP contribution in [0.1, 0.15) is 32.0 Å². The van der Waals surface area contributed by atoms with E-state index >= 15 is 0 Å². The number of nitrogens with zero attached hydrogens (tertiary/aromatic N) is 6. The molecule has 6 rings (SSSR count). The van der Waals surface area contributed by atoms with Crippen molar-refractivity contribution in [3.63, 3.8) is 0 Å². The maximum atomic E-state index is 13.6. The van der Waals surface area contributed by atoms with E-state index in [1.54, 1.807) is 19.5 Å². The van der Waals surface area contributed by atoms with Gasteiger partial charge in [-0.3, -0.25) is 19.5 Å². The van der Waals surface area contributed by atoms with Crippen molar-refractivity contribution in [3.05, 3.63) is 77.0 Å². The first-order valence-electron chi connectivity index (χ1n) is 17.0. The first-order valence-corrected chi connectivity index (χ1v) is 17.4. The molecule has 2 aliphatic rings. The van der Waals surface area contributed by atoms with Gasteiger partial charge < -0.3 is 29.3 Å². The van der Waals surface area contributed by atoms with E-state index in [1.807, 2.05) is 24.3 Å². The van der Waals surface area contributed by atoms with Gasteiger partial charge in [0, 0.05) is 86.0 Å². The van der Waals surface area contributed by atoms with Crippen molar-refractivity contribution >= 4 is 45.7 Å². The topological polar surface area (TPSA) is 122 Å². The standard InChI is InChI=1S/C37H43ClFN7O5/c1-24(44-15-17-50-18-16-44)37(2,3)23-51-33-22-28-27(21-32(33)49-4)31(19-25-7-9-40-10-8-25)42-43-34(28)45-11-13-46(14-12-45)36(48)35(47)41-26-5-6-30(39)29(38)20-26/h5-10,20-22,24H,11-19,23H2,1-4H3,(H,41,47). The lowest BCUT2D eigenvalue weighted by molar-refractivity contribution is -0.143. The normalized spacial score (nSPS) is 16.2. The number of methoxy groups -OCH3 is 1. The highest BCUT2D eigenvalue weighted by Crippen LogP contribution is 2.39. The fourth-order valence-corrected chi connectivity index (χ4v) is 6.58. The molecule has 4 aromatic rings. The van der Waals surface area contributed by atoms with Gasteiger partial charge >= 0.3 is 11.8 Å². The maximum Gasteiger partial charge on any atom is 0.313 e. The third kappa shape index (κ3) is 8.32. The molecule has 1 N–H and O–H groups in total. The van der Waals surface area contributed by atoms with Gasteiger partial charge in [0.1, 0.15) is 5.82 Å². The van der Waals surface area contributed by atoms with Gasteiger partial charge in [-0.2, -0.15) is 5.10 Å². The van der Waals surface area contributed by atoms with Crippen LogP contribution >= 0.6 is 11.6 Å². The van der Waals surface area contributed by atoms with Gasteiger partial charge in [0.2, 0.25) is 0 Å². The van der Waals surface area contributed by atoms with Crippen molar-refractivity contribution in [3.8, 4) is 11.5 Å². The molecule has 270 valence electrons. The quantitative estimate of drug-likeness (QED) is 0.228. The summed E-state index contributed by atoms with van der Waals surface area (Å²) in [5.74, 6) is -0.282. The number of nitrogens with one attached hydrogen (secondary N) is 1. The van der Waals surface area contributed by atoms with Gasteiger partial charge in [0.15, 0.2) is 17.3 Å². The van der Waals surface area contributed by atoms with E-state index in [-0.39, 0.29) is 35.3 Å². The van der Waals surface area contributed by atoms with Crippen LogP contribution < -0.4 is 19.7 Å². The van der Waals surface area contributed by atoms with Crippen molar-refractivity contribution in [1.29, 1.82) is 0 Å². The lowest BCUT2D eigenvalue weighted by Crippen LogP contribution is -2.52. The third-order valence-corrected chi connectivity index (χ3v) is 10.1. The molecule has 1 unspecified atom stereocenters.